The Morgan fingerprint density at radius 3 is 1.98 bits per heavy atom. The van der Waals surface area contributed by atoms with Crippen molar-refractivity contribution < 1.29 is 29.0 Å². The third-order valence-corrected chi connectivity index (χ3v) is 5.55. The summed E-state index contributed by atoms with van der Waals surface area (Å²) >= 11 is 0. The first kappa shape index (κ1) is 27.7. The topological polar surface area (TPSA) is 114 Å². The lowest BCUT2D eigenvalue weighted by Crippen LogP contribution is -2.13. The van der Waals surface area contributed by atoms with Crippen LogP contribution in [0.15, 0.2) is 103 Å². The number of carboxylic acid groups (broad SMARTS) is 1. The van der Waals surface area contributed by atoms with Crippen molar-refractivity contribution in [3.05, 3.63) is 120 Å². The van der Waals surface area contributed by atoms with Crippen LogP contribution in [0.5, 0.6) is 17.2 Å². The zero-order valence-electron chi connectivity index (χ0n) is 22.0. The zero-order chi connectivity index (χ0) is 28.5. The van der Waals surface area contributed by atoms with Gasteiger partial charge < -0.3 is 25.2 Å². The fraction of sp³-hybridized carbons (Fsp3) is 0.0938. The first-order valence-electron chi connectivity index (χ1n) is 12.5. The molecule has 0 unspecified atom stereocenters. The molecule has 0 fully saturated rings. The summed E-state index contributed by atoms with van der Waals surface area (Å²) in [6.07, 6.45) is 2.38. The Morgan fingerprint density at radius 2 is 1.32 bits per heavy atom. The molecule has 0 aliphatic rings. The van der Waals surface area contributed by atoms with Gasteiger partial charge in [0.25, 0.3) is 11.8 Å². The highest BCUT2D eigenvalue weighted by molar-refractivity contribution is 6.06. The van der Waals surface area contributed by atoms with E-state index in [4.69, 9.17) is 14.6 Å². The molecule has 4 aromatic carbocycles. The molecule has 0 atom stereocenters. The molecule has 0 heterocycles. The Balaban J connectivity index is 1.46. The standard InChI is InChI=1S/C32H28N2O6/c1-21(2)39-26-13-8-23(9-14-26)32(38)34-29-18-17-28(20-24(29)10-19-30(35)36)40-27-15-11-25(12-16-27)33-31(37)22-6-4-3-5-7-22/h3-21H,1-2H3,(H,33,37)(H,34,38)(H,35,36)/b19-10+. The molecule has 8 heteroatoms. The van der Waals surface area contributed by atoms with E-state index in [1.54, 1.807) is 91.0 Å². The van der Waals surface area contributed by atoms with E-state index in [-0.39, 0.29) is 17.9 Å². The number of aliphatic carboxylic acids is 1. The van der Waals surface area contributed by atoms with Crippen LogP contribution in [0.2, 0.25) is 0 Å². The lowest BCUT2D eigenvalue weighted by Gasteiger charge is -2.13. The van der Waals surface area contributed by atoms with Gasteiger partial charge in [0.05, 0.1) is 6.10 Å². The van der Waals surface area contributed by atoms with E-state index in [1.165, 1.54) is 6.08 Å². The quantitative estimate of drug-likeness (QED) is 0.191. The van der Waals surface area contributed by atoms with Gasteiger partial charge in [-0.05, 0) is 98.8 Å². The Kier molecular flexibility index (Phi) is 8.94. The minimum Gasteiger partial charge on any atom is -0.491 e. The maximum Gasteiger partial charge on any atom is 0.328 e. The molecule has 0 aliphatic heterocycles. The van der Waals surface area contributed by atoms with Gasteiger partial charge in [-0.3, -0.25) is 9.59 Å². The van der Waals surface area contributed by atoms with E-state index >= 15 is 0 Å². The molecular weight excluding hydrogens is 508 g/mol. The smallest absolute Gasteiger partial charge is 0.328 e. The SMILES string of the molecule is CC(C)Oc1ccc(C(=O)Nc2ccc(Oc3ccc(NC(=O)c4ccccc4)cc3)cc2/C=C/C(=O)O)cc1. The number of rotatable bonds is 10. The van der Waals surface area contributed by atoms with Crippen molar-refractivity contribution in [3.63, 3.8) is 0 Å². The van der Waals surface area contributed by atoms with Gasteiger partial charge in [-0.25, -0.2) is 4.79 Å². The number of carbonyl (C=O) groups is 3. The lowest BCUT2D eigenvalue weighted by molar-refractivity contribution is -0.131. The van der Waals surface area contributed by atoms with Crippen molar-refractivity contribution >= 4 is 35.2 Å². The fourth-order valence-corrected chi connectivity index (χ4v) is 3.70. The number of hydrogen-bond acceptors (Lipinski definition) is 5. The van der Waals surface area contributed by atoms with Crippen LogP contribution in [0, 0.1) is 0 Å². The van der Waals surface area contributed by atoms with Crippen LogP contribution in [-0.4, -0.2) is 29.0 Å². The molecule has 4 aromatic rings. The molecule has 0 radical (unpaired) electrons. The van der Waals surface area contributed by atoms with E-state index < -0.39 is 5.97 Å². The third-order valence-electron chi connectivity index (χ3n) is 5.55. The van der Waals surface area contributed by atoms with Crippen LogP contribution in [0.1, 0.15) is 40.1 Å². The third kappa shape index (κ3) is 7.82. The van der Waals surface area contributed by atoms with Gasteiger partial charge >= 0.3 is 5.97 Å². The average Bonchev–Trinajstić information content (AvgIpc) is 2.94. The van der Waals surface area contributed by atoms with E-state index in [2.05, 4.69) is 10.6 Å². The Hall–Kier alpha value is -5.37. The van der Waals surface area contributed by atoms with Crippen molar-refractivity contribution in [1.29, 1.82) is 0 Å². The first-order valence-corrected chi connectivity index (χ1v) is 12.5. The summed E-state index contributed by atoms with van der Waals surface area (Å²) in [6, 6.07) is 27.4. The molecule has 0 saturated carbocycles. The predicted molar refractivity (Wildman–Crippen MR) is 154 cm³/mol. The van der Waals surface area contributed by atoms with Crippen molar-refractivity contribution in [3.8, 4) is 17.2 Å². The summed E-state index contributed by atoms with van der Waals surface area (Å²) in [7, 11) is 0. The number of carboxylic acids is 1. The number of nitrogens with one attached hydrogen (secondary N) is 2. The van der Waals surface area contributed by atoms with Gasteiger partial charge in [0.1, 0.15) is 17.2 Å². The van der Waals surface area contributed by atoms with Crippen LogP contribution in [0.3, 0.4) is 0 Å². The van der Waals surface area contributed by atoms with Crippen LogP contribution in [-0.2, 0) is 4.79 Å². The van der Waals surface area contributed by atoms with Gasteiger partial charge in [-0.15, -0.1) is 0 Å². The highest BCUT2D eigenvalue weighted by Gasteiger charge is 2.11. The summed E-state index contributed by atoms with van der Waals surface area (Å²) < 4.78 is 11.6. The van der Waals surface area contributed by atoms with Gasteiger partial charge in [-0.2, -0.15) is 0 Å². The van der Waals surface area contributed by atoms with Crippen molar-refractivity contribution in [1.82, 2.24) is 0 Å². The molecule has 0 spiro atoms. The molecule has 4 rings (SSSR count). The maximum atomic E-state index is 12.9. The molecule has 0 aliphatic carbocycles. The first-order chi connectivity index (χ1) is 19.3. The largest absolute Gasteiger partial charge is 0.491 e. The number of benzene rings is 4. The van der Waals surface area contributed by atoms with E-state index in [0.29, 0.717) is 45.3 Å². The van der Waals surface area contributed by atoms with Crippen LogP contribution in [0.25, 0.3) is 6.08 Å². The van der Waals surface area contributed by atoms with Crippen molar-refractivity contribution in [2.75, 3.05) is 10.6 Å². The second-order valence-corrected chi connectivity index (χ2v) is 9.01. The van der Waals surface area contributed by atoms with E-state index in [0.717, 1.165) is 6.08 Å². The Labute approximate surface area is 231 Å². The molecule has 40 heavy (non-hydrogen) atoms. The molecule has 0 aromatic heterocycles. The highest BCUT2D eigenvalue weighted by Crippen LogP contribution is 2.29. The zero-order valence-corrected chi connectivity index (χ0v) is 22.0. The minimum absolute atomic E-state index is 0.0161. The van der Waals surface area contributed by atoms with E-state index in [9.17, 15) is 14.4 Å². The van der Waals surface area contributed by atoms with Gasteiger partial charge in [0, 0.05) is 34.1 Å². The van der Waals surface area contributed by atoms with Gasteiger partial charge in [0.2, 0.25) is 0 Å². The second-order valence-electron chi connectivity index (χ2n) is 9.01. The van der Waals surface area contributed by atoms with Crippen molar-refractivity contribution in [2.45, 2.75) is 20.0 Å². The lowest BCUT2D eigenvalue weighted by atomic mass is 10.1. The van der Waals surface area contributed by atoms with Crippen LogP contribution in [0.4, 0.5) is 11.4 Å². The molecule has 202 valence electrons. The number of ether oxygens (including phenoxy) is 2. The van der Waals surface area contributed by atoms with E-state index in [1.807, 2.05) is 19.9 Å². The summed E-state index contributed by atoms with van der Waals surface area (Å²) in [5.41, 5.74) is 2.43. The fourth-order valence-electron chi connectivity index (χ4n) is 3.70. The van der Waals surface area contributed by atoms with Gasteiger partial charge in [-0.1, -0.05) is 18.2 Å². The molecule has 2 amide bonds. The molecule has 0 bridgehead atoms. The second kappa shape index (κ2) is 12.9. The molecule has 8 nitrogen and oxygen atoms in total. The minimum atomic E-state index is -1.13. The summed E-state index contributed by atoms with van der Waals surface area (Å²) in [4.78, 5) is 36.4. The molecular formula is C32H28N2O6. The summed E-state index contributed by atoms with van der Waals surface area (Å²) in [5.74, 6) is -0.114. The number of carbonyl (C=O) groups excluding carboxylic acids is 2. The number of anilines is 2. The number of amides is 2. The predicted octanol–water partition coefficient (Wildman–Crippen LogP) is 6.87. The Morgan fingerprint density at radius 1 is 0.725 bits per heavy atom. The monoisotopic (exact) mass is 536 g/mol. The molecule has 0 saturated heterocycles. The highest BCUT2D eigenvalue weighted by atomic mass is 16.5. The average molecular weight is 537 g/mol. The Bertz CT molecular complexity index is 1510. The van der Waals surface area contributed by atoms with Gasteiger partial charge in [0.15, 0.2) is 0 Å². The maximum absolute atomic E-state index is 12.9. The summed E-state index contributed by atoms with van der Waals surface area (Å²) in [6.45, 7) is 3.84. The normalized spacial score (nSPS) is 10.8. The van der Waals surface area contributed by atoms with Crippen LogP contribution < -0.4 is 20.1 Å². The van der Waals surface area contributed by atoms with Crippen LogP contribution >= 0.6 is 0 Å². The summed E-state index contributed by atoms with van der Waals surface area (Å²) in [5, 5.41) is 14.8. The molecule has 3 N–H and O–H groups in total. The number of hydrogen-bond donors (Lipinski definition) is 3. The van der Waals surface area contributed by atoms with Crippen molar-refractivity contribution in [2.24, 2.45) is 0 Å².